The van der Waals surface area contributed by atoms with Gasteiger partial charge in [0.1, 0.15) is 0 Å². The minimum absolute atomic E-state index is 1.03. The molecule has 0 spiro atoms. The molecule has 0 unspecified atom stereocenters. The van der Waals surface area contributed by atoms with E-state index in [0.29, 0.717) is 0 Å². The van der Waals surface area contributed by atoms with E-state index in [-0.39, 0.29) is 0 Å². The molecule has 0 heterocycles. The Morgan fingerprint density at radius 3 is 0.846 bits per heavy atom. The number of aliphatic imine (C=N–C) groups is 2. The molecule has 0 N–H and O–H groups in total. The smallest absolute Gasteiger partial charge is 0.0639 e. The van der Waals surface area contributed by atoms with Crippen LogP contribution < -0.4 is 0 Å². The Hall–Kier alpha value is -2.22. The molecule has 0 aliphatic heterocycles. The SMILES string of the molecule is CCCCCCCCC(=Nc1cc(CCCCC)cc(CCCCC)c1)C(CCCCCCCC)=Nc1cc(CCCCC)cc(CCCCC)c1. The molecule has 0 aliphatic rings. The van der Waals surface area contributed by atoms with Gasteiger partial charge in [0.05, 0.1) is 22.8 Å². The van der Waals surface area contributed by atoms with Crippen LogP contribution in [0.5, 0.6) is 0 Å². The lowest BCUT2D eigenvalue weighted by atomic mass is 9.98. The lowest BCUT2D eigenvalue weighted by Gasteiger charge is -2.14. The average molecular weight is 713 g/mol. The summed E-state index contributed by atoms with van der Waals surface area (Å²) in [5.74, 6) is 0. The van der Waals surface area contributed by atoms with Crippen molar-refractivity contribution in [2.45, 2.75) is 234 Å². The van der Waals surface area contributed by atoms with Gasteiger partial charge in [-0.1, -0.05) is 169 Å². The van der Waals surface area contributed by atoms with Crippen molar-refractivity contribution in [1.29, 1.82) is 0 Å². The van der Waals surface area contributed by atoms with Gasteiger partial charge in [-0.2, -0.15) is 0 Å². The summed E-state index contributed by atoms with van der Waals surface area (Å²) in [7, 11) is 0. The Morgan fingerprint density at radius 2 is 0.558 bits per heavy atom. The monoisotopic (exact) mass is 713 g/mol. The second kappa shape index (κ2) is 31.2. The van der Waals surface area contributed by atoms with Gasteiger partial charge in [0.25, 0.3) is 0 Å². The molecule has 0 atom stereocenters. The van der Waals surface area contributed by atoms with Crippen LogP contribution in [-0.4, -0.2) is 11.4 Å². The molecule has 2 heteroatoms. The van der Waals surface area contributed by atoms with Gasteiger partial charge in [0, 0.05) is 0 Å². The number of benzene rings is 2. The number of nitrogens with zero attached hydrogens (tertiary/aromatic N) is 2. The molecular formula is C50H84N2. The molecule has 2 rings (SSSR count). The molecule has 52 heavy (non-hydrogen) atoms. The second-order valence-electron chi connectivity index (χ2n) is 16.0. The van der Waals surface area contributed by atoms with Crippen molar-refractivity contribution in [1.82, 2.24) is 0 Å². The van der Waals surface area contributed by atoms with Crippen molar-refractivity contribution >= 4 is 22.8 Å². The maximum atomic E-state index is 5.65. The van der Waals surface area contributed by atoms with Crippen LogP contribution in [0.3, 0.4) is 0 Å². The Bertz CT molecular complexity index is 1070. The summed E-state index contributed by atoms with van der Waals surface area (Å²) in [5, 5.41) is 0. The number of hydrogen-bond acceptors (Lipinski definition) is 2. The normalized spacial score (nSPS) is 12.3. The molecule has 0 radical (unpaired) electrons. The van der Waals surface area contributed by atoms with E-state index in [9.17, 15) is 0 Å². The lowest BCUT2D eigenvalue weighted by Crippen LogP contribution is -2.15. The molecule has 294 valence electrons. The molecule has 0 amide bonds. The van der Waals surface area contributed by atoms with Crippen molar-refractivity contribution in [3.8, 4) is 0 Å². The van der Waals surface area contributed by atoms with Gasteiger partial charge in [0.2, 0.25) is 0 Å². The molecule has 0 aromatic heterocycles. The molecule has 0 saturated carbocycles. The topological polar surface area (TPSA) is 24.7 Å². The maximum Gasteiger partial charge on any atom is 0.0639 e. The summed E-state index contributed by atoms with van der Waals surface area (Å²) < 4.78 is 0. The van der Waals surface area contributed by atoms with E-state index < -0.39 is 0 Å². The summed E-state index contributed by atoms with van der Waals surface area (Å²) in [5.41, 5.74) is 10.8. The fourth-order valence-corrected chi connectivity index (χ4v) is 7.50. The fraction of sp³-hybridized carbons (Fsp3) is 0.720. The maximum absolute atomic E-state index is 5.65. The van der Waals surface area contributed by atoms with Crippen LogP contribution in [0.1, 0.15) is 231 Å². The van der Waals surface area contributed by atoms with Crippen molar-refractivity contribution in [2.75, 3.05) is 0 Å². The van der Waals surface area contributed by atoms with Crippen LogP contribution in [0.25, 0.3) is 0 Å². The van der Waals surface area contributed by atoms with Gasteiger partial charge in [-0.15, -0.1) is 0 Å². The van der Waals surface area contributed by atoms with Crippen molar-refractivity contribution in [2.24, 2.45) is 9.98 Å². The van der Waals surface area contributed by atoms with Crippen molar-refractivity contribution in [3.05, 3.63) is 58.7 Å². The largest absolute Gasteiger partial charge is 0.252 e. The Kier molecular flexibility index (Phi) is 27.5. The van der Waals surface area contributed by atoms with E-state index >= 15 is 0 Å². The van der Waals surface area contributed by atoms with E-state index in [1.165, 1.54) is 199 Å². The third kappa shape index (κ3) is 21.5. The second-order valence-corrected chi connectivity index (χ2v) is 16.0. The fourth-order valence-electron chi connectivity index (χ4n) is 7.50. The predicted octanol–water partition coefficient (Wildman–Crippen LogP) is 17.0. The van der Waals surface area contributed by atoms with E-state index in [2.05, 4.69) is 77.9 Å². The summed E-state index contributed by atoms with van der Waals surface area (Å²) in [6.45, 7) is 13.9. The summed E-state index contributed by atoms with van der Waals surface area (Å²) in [6, 6.07) is 14.7. The standard InChI is InChI=1S/C50H84N2/c1-7-13-19-21-23-29-35-49(51-47-39-43(31-25-15-9-3)37-44(40-47)32-26-16-10-4)50(36-30-24-22-20-14-8-2)52-48-41-45(33-27-17-11-5)38-46(42-48)34-28-18-12-6/h37-42H,7-36H2,1-6H3. The first kappa shape index (κ1) is 45.9. The van der Waals surface area contributed by atoms with Gasteiger partial charge < -0.3 is 0 Å². The first-order chi connectivity index (χ1) is 25.6. The highest BCUT2D eigenvalue weighted by Crippen LogP contribution is 2.27. The highest BCUT2D eigenvalue weighted by Gasteiger charge is 2.13. The molecule has 2 aromatic rings. The minimum atomic E-state index is 1.03. The zero-order chi connectivity index (χ0) is 37.5. The molecule has 2 nitrogen and oxygen atoms in total. The molecule has 0 saturated heterocycles. The van der Waals surface area contributed by atoms with Crippen LogP contribution in [0.15, 0.2) is 46.4 Å². The van der Waals surface area contributed by atoms with Crippen LogP contribution in [0.2, 0.25) is 0 Å². The number of rotatable bonds is 33. The van der Waals surface area contributed by atoms with E-state index in [1.54, 1.807) is 0 Å². The van der Waals surface area contributed by atoms with Gasteiger partial charge in [-0.05, 0) is 124 Å². The molecule has 0 bridgehead atoms. The molecule has 0 fully saturated rings. The Morgan fingerprint density at radius 1 is 0.308 bits per heavy atom. The van der Waals surface area contributed by atoms with E-state index in [4.69, 9.17) is 9.98 Å². The Balaban J connectivity index is 2.63. The van der Waals surface area contributed by atoms with Gasteiger partial charge in [0.15, 0.2) is 0 Å². The highest BCUT2D eigenvalue weighted by molar-refractivity contribution is 6.43. The average Bonchev–Trinajstić information content (AvgIpc) is 3.14. The van der Waals surface area contributed by atoms with Gasteiger partial charge >= 0.3 is 0 Å². The zero-order valence-electron chi connectivity index (χ0n) is 35.6. The van der Waals surface area contributed by atoms with Crippen LogP contribution in [0.4, 0.5) is 11.4 Å². The van der Waals surface area contributed by atoms with Crippen LogP contribution >= 0.6 is 0 Å². The molecule has 0 aliphatic carbocycles. The highest BCUT2D eigenvalue weighted by atomic mass is 14.8. The third-order valence-electron chi connectivity index (χ3n) is 10.7. The van der Waals surface area contributed by atoms with Crippen LogP contribution in [0, 0.1) is 0 Å². The van der Waals surface area contributed by atoms with Gasteiger partial charge in [-0.25, -0.2) is 0 Å². The summed E-state index contributed by atoms with van der Waals surface area (Å²) in [6.07, 6.45) is 37.7. The molecular weight excluding hydrogens is 629 g/mol. The van der Waals surface area contributed by atoms with Crippen LogP contribution in [-0.2, 0) is 25.7 Å². The summed E-state index contributed by atoms with van der Waals surface area (Å²) >= 11 is 0. The zero-order valence-corrected chi connectivity index (χ0v) is 35.6. The summed E-state index contributed by atoms with van der Waals surface area (Å²) in [4.78, 5) is 11.3. The Labute approximate surface area is 324 Å². The molecule has 2 aromatic carbocycles. The predicted molar refractivity (Wildman–Crippen MR) is 236 cm³/mol. The third-order valence-corrected chi connectivity index (χ3v) is 10.7. The lowest BCUT2D eigenvalue weighted by molar-refractivity contribution is 0.613. The quantitative estimate of drug-likeness (QED) is 0.0520. The number of unbranched alkanes of at least 4 members (excludes halogenated alkanes) is 18. The number of aryl methyl sites for hydroxylation is 4. The number of hydrogen-bond donors (Lipinski definition) is 0. The van der Waals surface area contributed by atoms with Crippen molar-refractivity contribution < 1.29 is 0 Å². The minimum Gasteiger partial charge on any atom is -0.252 e. The van der Waals surface area contributed by atoms with E-state index in [0.717, 1.165) is 38.5 Å². The first-order valence-electron chi connectivity index (χ1n) is 23.0. The van der Waals surface area contributed by atoms with Crippen molar-refractivity contribution in [3.63, 3.8) is 0 Å². The first-order valence-corrected chi connectivity index (χ1v) is 23.0. The van der Waals surface area contributed by atoms with Gasteiger partial charge in [-0.3, -0.25) is 9.98 Å². The van der Waals surface area contributed by atoms with E-state index in [1.807, 2.05) is 0 Å².